The lowest BCUT2D eigenvalue weighted by Gasteiger charge is -2.05. The van der Waals surface area contributed by atoms with E-state index in [1.807, 2.05) is 0 Å². The number of aromatic nitrogens is 4. The highest BCUT2D eigenvalue weighted by molar-refractivity contribution is 7.14. The molecule has 0 atom stereocenters. The molecule has 0 saturated heterocycles. The minimum Gasteiger partial charge on any atom is -0.478 e. The number of nitrogens with one attached hydrogen (secondary N) is 1. The first-order chi connectivity index (χ1) is 11.5. The van der Waals surface area contributed by atoms with Crippen molar-refractivity contribution < 1.29 is 14.7 Å². The molecule has 122 valence electrons. The molecule has 3 rings (SSSR count). The van der Waals surface area contributed by atoms with Crippen LogP contribution in [0, 0.1) is 0 Å². The number of hydrogen-bond acceptors (Lipinski definition) is 6. The van der Waals surface area contributed by atoms with E-state index in [9.17, 15) is 14.7 Å². The highest BCUT2D eigenvalue weighted by Crippen LogP contribution is 2.35. The number of rotatable bonds is 4. The highest BCUT2D eigenvalue weighted by atomic mass is 35.5. The fourth-order valence-electron chi connectivity index (χ4n) is 2.03. The minimum atomic E-state index is -1.18. The molecule has 24 heavy (non-hydrogen) atoms. The third kappa shape index (κ3) is 2.86. The Morgan fingerprint density at radius 1 is 1.33 bits per heavy atom. The van der Waals surface area contributed by atoms with Crippen LogP contribution in [0.2, 0.25) is 5.15 Å². The molecular formula is C14H10ClN5O3S. The summed E-state index contributed by atoms with van der Waals surface area (Å²) in [5, 5.41) is 17.6. The number of halogens is 1. The van der Waals surface area contributed by atoms with Crippen molar-refractivity contribution in [2.24, 2.45) is 7.05 Å². The second-order valence-electron chi connectivity index (χ2n) is 4.68. The summed E-state index contributed by atoms with van der Waals surface area (Å²) in [7, 11) is 1.60. The predicted molar refractivity (Wildman–Crippen MR) is 88.5 cm³/mol. The third-order valence-electron chi connectivity index (χ3n) is 3.16. The van der Waals surface area contributed by atoms with Gasteiger partial charge in [-0.3, -0.25) is 19.4 Å². The monoisotopic (exact) mass is 363 g/mol. The van der Waals surface area contributed by atoms with E-state index in [2.05, 4.69) is 20.4 Å². The zero-order valence-electron chi connectivity index (χ0n) is 12.2. The Hall–Kier alpha value is -2.78. The number of carboxylic acid groups (broad SMARTS) is 1. The maximum atomic E-state index is 12.3. The van der Waals surface area contributed by atoms with Crippen LogP contribution in [-0.2, 0) is 7.05 Å². The number of nitrogens with zero attached hydrogens (tertiary/aromatic N) is 4. The van der Waals surface area contributed by atoms with Crippen molar-refractivity contribution in [2.75, 3.05) is 5.32 Å². The number of carbonyl (C=O) groups excluding carboxylic acids is 1. The van der Waals surface area contributed by atoms with Gasteiger partial charge in [-0.1, -0.05) is 11.6 Å². The Morgan fingerprint density at radius 2 is 2.12 bits per heavy atom. The van der Waals surface area contributed by atoms with Gasteiger partial charge in [0.05, 0.1) is 34.2 Å². The van der Waals surface area contributed by atoms with Crippen LogP contribution >= 0.6 is 22.9 Å². The van der Waals surface area contributed by atoms with Crippen LogP contribution in [-0.4, -0.2) is 36.7 Å². The quantitative estimate of drug-likeness (QED) is 0.737. The summed E-state index contributed by atoms with van der Waals surface area (Å²) in [5.74, 6) is -1.72. The normalized spacial score (nSPS) is 10.6. The van der Waals surface area contributed by atoms with Gasteiger partial charge in [-0.05, 0) is 0 Å². The summed E-state index contributed by atoms with van der Waals surface area (Å²) in [4.78, 5) is 32.4. The van der Waals surface area contributed by atoms with E-state index in [-0.39, 0.29) is 22.0 Å². The molecule has 0 aliphatic rings. The number of aryl methyl sites for hydroxylation is 1. The number of aromatic carboxylic acids is 1. The molecule has 0 fully saturated rings. The Bertz CT molecular complexity index is 922. The predicted octanol–water partition coefficient (Wildman–Crippen LogP) is 2.54. The molecular weight excluding hydrogens is 354 g/mol. The molecule has 0 unspecified atom stereocenters. The van der Waals surface area contributed by atoms with E-state index < -0.39 is 11.9 Å². The maximum absolute atomic E-state index is 12.3. The number of hydrogen-bond donors (Lipinski definition) is 2. The second-order valence-corrected chi connectivity index (χ2v) is 5.91. The molecule has 3 heterocycles. The van der Waals surface area contributed by atoms with Gasteiger partial charge in [-0.2, -0.15) is 5.10 Å². The molecule has 2 N–H and O–H groups in total. The molecule has 8 nitrogen and oxygen atoms in total. The van der Waals surface area contributed by atoms with Gasteiger partial charge in [0.1, 0.15) is 10.7 Å². The zero-order valence-corrected chi connectivity index (χ0v) is 13.8. The van der Waals surface area contributed by atoms with Crippen LogP contribution in [0.5, 0.6) is 0 Å². The summed E-state index contributed by atoms with van der Waals surface area (Å²) in [5.41, 5.74) is 0.689. The Morgan fingerprint density at radius 3 is 2.71 bits per heavy atom. The lowest BCUT2D eigenvalue weighted by molar-refractivity contribution is 0.0699. The molecule has 0 aliphatic heterocycles. The Labute approximate surface area is 144 Å². The van der Waals surface area contributed by atoms with Crippen molar-refractivity contribution in [3.05, 3.63) is 46.4 Å². The van der Waals surface area contributed by atoms with Gasteiger partial charge >= 0.3 is 5.97 Å². The van der Waals surface area contributed by atoms with E-state index in [4.69, 9.17) is 11.6 Å². The topological polar surface area (TPSA) is 110 Å². The van der Waals surface area contributed by atoms with Crippen LogP contribution in [0.15, 0.2) is 30.2 Å². The lowest BCUT2D eigenvalue weighted by atomic mass is 10.2. The number of anilines is 1. The second kappa shape index (κ2) is 6.38. The number of carbonyl (C=O) groups is 2. The molecule has 0 aliphatic carbocycles. The van der Waals surface area contributed by atoms with Gasteiger partial charge in [0.25, 0.3) is 5.91 Å². The SMILES string of the molecule is Cn1ncc(C(=O)Nc2csc(-c3cnccn3)c2C(=O)O)c1Cl. The number of amides is 1. The minimum absolute atomic E-state index is 0.0473. The molecule has 0 radical (unpaired) electrons. The molecule has 3 aromatic heterocycles. The van der Waals surface area contributed by atoms with Gasteiger partial charge in [-0.25, -0.2) is 4.79 Å². The van der Waals surface area contributed by atoms with Gasteiger partial charge in [0.15, 0.2) is 0 Å². The van der Waals surface area contributed by atoms with Crippen molar-refractivity contribution in [3.63, 3.8) is 0 Å². The van der Waals surface area contributed by atoms with Gasteiger partial charge in [-0.15, -0.1) is 11.3 Å². The van der Waals surface area contributed by atoms with Crippen LogP contribution in [0.4, 0.5) is 5.69 Å². The number of carboxylic acids is 1. The van der Waals surface area contributed by atoms with E-state index in [0.717, 1.165) is 11.3 Å². The summed E-state index contributed by atoms with van der Waals surface area (Å²) in [6, 6.07) is 0. The van der Waals surface area contributed by atoms with Crippen molar-refractivity contribution in [3.8, 4) is 10.6 Å². The number of thiophene rings is 1. The van der Waals surface area contributed by atoms with E-state index >= 15 is 0 Å². The Kier molecular flexibility index (Phi) is 4.28. The summed E-state index contributed by atoms with van der Waals surface area (Å²) in [6.07, 6.45) is 5.73. The molecule has 0 aromatic carbocycles. The lowest BCUT2D eigenvalue weighted by Crippen LogP contribution is -2.14. The van der Waals surface area contributed by atoms with Crippen molar-refractivity contribution in [2.45, 2.75) is 0 Å². The average Bonchev–Trinajstić information content (AvgIpc) is 3.13. The molecule has 0 bridgehead atoms. The van der Waals surface area contributed by atoms with Crippen molar-refractivity contribution >= 4 is 40.5 Å². The van der Waals surface area contributed by atoms with Crippen LogP contribution in [0.25, 0.3) is 10.6 Å². The highest BCUT2D eigenvalue weighted by Gasteiger charge is 2.23. The average molecular weight is 364 g/mol. The van der Waals surface area contributed by atoms with Crippen molar-refractivity contribution in [1.82, 2.24) is 19.7 Å². The standard InChI is InChI=1S/C14H10ClN5O3S/c1-20-12(15)7(4-18-20)13(21)19-9-6-24-11(10(9)14(22)23)8-5-16-2-3-17-8/h2-6H,1H3,(H,19,21)(H,22,23). The molecule has 1 amide bonds. The molecule has 3 aromatic rings. The van der Waals surface area contributed by atoms with E-state index in [1.54, 1.807) is 7.05 Å². The van der Waals surface area contributed by atoms with Crippen LogP contribution < -0.4 is 5.32 Å². The fraction of sp³-hybridized carbons (Fsp3) is 0.0714. The van der Waals surface area contributed by atoms with E-state index in [0.29, 0.717) is 10.6 Å². The fourth-order valence-corrected chi connectivity index (χ4v) is 3.16. The van der Waals surface area contributed by atoms with Gasteiger partial charge in [0.2, 0.25) is 0 Å². The third-order valence-corrected chi connectivity index (χ3v) is 4.61. The summed E-state index contributed by atoms with van der Waals surface area (Å²) >= 11 is 7.13. The van der Waals surface area contributed by atoms with Crippen LogP contribution in [0.1, 0.15) is 20.7 Å². The summed E-state index contributed by atoms with van der Waals surface area (Å²) < 4.78 is 1.34. The van der Waals surface area contributed by atoms with Crippen molar-refractivity contribution in [1.29, 1.82) is 0 Å². The zero-order chi connectivity index (χ0) is 17.3. The molecule has 0 spiro atoms. The first-order valence-corrected chi connectivity index (χ1v) is 7.84. The van der Waals surface area contributed by atoms with Crippen LogP contribution in [0.3, 0.4) is 0 Å². The van der Waals surface area contributed by atoms with Gasteiger partial charge in [0, 0.05) is 24.8 Å². The van der Waals surface area contributed by atoms with Gasteiger partial charge < -0.3 is 10.4 Å². The van der Waals surface area contributed by atoms with E-state index in [1.165, 1.54) is 34.8 Å². The molecule has 10 heteroatoms. The smallest absolute Gasteiger partial charge is 0.339 e. The largest absolute Gasteiger partial charge is 0.478 e. The first-order valence-electron chi connectivity index (χ1n) is 6.59. The first kappa shape index (κ1) is 16.1. The summed E-state index contributed by atoms with van der Waals surface area (Å²) in [6.45, 7) is 0. The Balaban J connectivity index is 1.97. The maximum Gasteiger partial charge on any atom is 0.339 e. The molecule has 0 saturated carbocycles.